The third kappa shape index (κ3) is 7.59. The summed E-state index contributed by atoms with van der Waals surface area (Å²) >= 11 is 0. The smallest absolute Gasteiger partial charge is 0.333 e. The standard InChI is InChI=1S/C9H10O3.C5H8O2/c1-7(2)9(10)12-6-8-4-3-5-11-8;1-4(2)5(6)7-3/h3-5H,1,6H2,2H3;1H2,2-3H3. The number of ether oxygens (including phenoxy) is 2. The highest BCUT2D eigenvalue weighted by Crippen LogP contribution is 2.03. The molecule has 0 aromatic carbocycles. The molecule has 0 aliphatic heterocycles. The fourth-order valence-electron chi connectivity index (χ4n) is 0.829. The molecule has 0 fully saturated rings. The molecule has 1 rings (SSSR count). The van der Waals surface area contributed by atoms with Crippen molar-refractivity contribution < 1.29 is 23.5 Å². The van der Waals surface area contributed by atoms with Crippen molar-refractivity contribution in [1.82, 2.24) is 0 Å². The maximum atomic E-state index is 10.9. The molecule has 0 spiro atoms. The molecule has 0 aliphatic rings. The molecule has 0 atom stereocenters. The van der Waals surface area contributed by atoms with E-state index in [0.717, 1.165) is 0 Å². The van der Waals surface area contributed by atoms with Crippen LogP contribution in [0.1, 0.15) is 19.6 Å². The molecule has 19 heavy (non-hydrogen) atoms. The Morgan fingerprint density at radius 2 is 1.79 bits per heavy atom. The van der Waals surface area contributed by atoms with Gasteiger partial charge in [0.2, 0.25) is 0 Å². The first-order chi connectivity index (χ1) is 8.88. The summed E-state index contributed by atoms with van der Waals surface area (Å²) in [4.78, 5) is 21.1. The lowest BCUT2D eigenvalue weighted by Gasteiger charge is -2.00. The molecule has 0 unspecified atom stereocenters. The van der Waals surface area contributed by atoms with E-state index >= 15 is 0 Å². The Morgan fingerprint density at radius 1 is 1.21 bits per heavy atom. The van der Waals surface area contributed by atoms with Gasteiger partial charge in [0, 0.05) is 11.1 Å². The highest BCUT2D eigenvalue weighted by molar-refractivity contribution is 5.87. The lowest BCUT2D eigenvalue weighted by molar-refractivity contribution is -0.140. The summed E-state index contributed by atoms with van der Waals surface area (Å²) in [7, 11) is 1.33. The van der Waals surface area contributed by atoms with Gasteiger partial charge in [0.05, 0.1) is 13.4 Å². The second kappa shape index (κ2) is 8.74. The van der Waals surface area contributed by atoms with Gasteiger partial charge in [0.1, 0.15) is 12.4 Å². The summed E-state index contributed by atoms with van der Waals surface area (Å²) in [5.41, 5.74) is 0.823. The quantitative estimate of drug-likeness (QED) is 0.619. The Bertz CT molecular complexity index is 442. The Labute approximate surface area is 112 Å². The molecule has 1 aromatic heterocycles. The van der Waals surface area contributed by atoms with Crippen LogP contribution >= 0.6 is 0 Å². The van der Waals surface area contributed by atoms with Crippen LogP contribution in [0.3, 0.4) is 0 Å². The first-order valence-corrected chi connectivity index (χ1v) is 5.47. The molecular weight excluding hydrogens is 248 g/mol. The van der Waals surface area contributed by atoms with Gasteiger partial charge in [-0.3, -0.25) is 0 Å². The van der Waals surface area contributed by atoms with Crippen molar-refractivity contribution >= 4 is 11.9 Å². The predicted octanol–water partition coefficient (Wildman–Crippen LogP) is 2.63. The third-order valence-corrected chi connectivity index (χ3v) is 1.81. The summed E-state index contributed by atoms with van der Waals surface area (Å²) < 4.78 is 14.0. The molecule has 1 aromatic rings. The van der Waals surface area contributed by atoms with Crippen LogP contribution < -0.4 is 0 Å². The van der Waals surface area contributed by atoms with Crippen molar-refractivity contribution in [1.29, 1.82) is 0 Å². The molecule has 0 radical (unpaired) electrons. The normalized spacial score (nSPS) is 8.79. The van der Waals surface area contributed by atoms with Gasteiger partial charge in [-0.2, -0.15) is 0 Å². The number of rotatable bonds is 4. The van der Waals surface area contributed by atoms with Crippen LogP contribution in [0.4, 0.5) is 0 Å². The van der Waals surface area contributed by atoms with Gasteiger partial charge in [0.15, 0.2) is 0 Å². The minimum Gasteiger partial charge on any atom is -0.466 e. The van der Waals surface area contributed by atoms with Crippen molar-refractivity contribution in [3.8, 4) is 0 Å². The SMILES string of the molecule is C=C(C)C(=O)OC.C=C(C)C(=O)OCc1ccco1. The number of carbonyl (C=O) groups is 2. The first-order valence-electron chi connectivity index (χ1n) is 5.47. The average molecular weight is 266 g/mol. The minimum absolute atomic E-state index is 0.165. The predicted molar refractivity (Wildman–Crippen MR) is 70.1 cm³/mol. The molecule has 0 bridgehead atoms. The molecule has 1 heterocycles. The van der Waals surface area contributed by atoms with Crippen LogP contribution in [0.15, 0.2) is 47.1 Å². The Balaban J connectivity index is 0.000000399. The third-order valence-electron chi connectivity index (χ3n) is 1.81. The van der Waals surface area contributed by atoms with Crippen molar-refractivity contribution in [2.75, 3.05) is 7.11 Å². The second-order valence-corrected chi connectivity index (χ2v) is 3.71. The first kappa shape index (κ1) is 16.7. The molecule has 0 N–H and O–H groups in total. The number of methoxy groups -OCH3 is 1. The largest absolute Gasteiger partial charge is 0.466 e. The van der Waals surface area contributed by atoms with E-state index in [1.807, 2.05) is 0 Å². The molecule has 104 valence electrons. The summed E-state index contributed by atoms with van der Waals surface area (Å²) in [6.45, 7) is 10.2. The van der Waals surface area contributed by atoms with Gasteiger partial charge in [-0.25, -0.2) is 9.59 Å². The minimum atomic E-state index is -0.397. The number of hydrogen-bond donors (Lipinski definition) is 0. The van der Waals surface area contributed by atoms with Crippen molar-refractivity contribution in [3.05, 3.63) is 48.5 Å². The number of carbonyl (C=O) groups excluding carboxylic acids is 2. The fourth-order valence-corrected chi connectivity index (χ4v) is 0.829. The van der Waals surface area contributed by atoms with E-state index in [-0.39, 0.29) is 12.6 Å². The monoisotopic (exact) mass is 266 g/mol. The highest BCUT2D eigenvalue weighted by Gasteiger charge is 2.03. The van der Waals surface area contributed by atoms with Gasteiger partial charge in [-0.1, -0.05) is 13.2 Å². The molecule has 5 heteroatoms. The molecule has 0 saturated heterocycles. The molecule has 0 amide bonds. The van der Waals surface area contributed by atoms with Gasteiger partial charge >= 0.3 is 11.9 Å². The molecular formula is C14H18O5. The number of furan rings is 1. The lowest BCUT2D eigenvalue weighted by Crippen LogP contribution is -2.04. The van der Waals surface area contributed by atoms with Gasteiger partial charge in [-0.15, -0.1) is 0 Å². The van der Waals surface area contributed by atoms with E-state index in [9.17, 15) is 9.59 Å². The van der Waals surface area contributed by atoms with Gasteiger partial charge in [0.25, 0.3) is 0 Å². The zero-order valence-corrected chi connectivity index (χ0v) is 11.4. The second-order valence-electron chi connectivity index (χ2n) is 3.71. The van der Waals surface area contributed by atoms with E-state index in [0.29, 0.717) is 16.9 Å². The van der Waals surface area contributed by atoms with E-state index in [1.165, 1.54) is 13.4 Å². The van der Waals surface area contributed by atoms with Crippen LogP contribution in [0.25, 0.3) is 0 Å². The summed E-state index contributed by atoms with van der Waals surface area (Å²) in [6.07, 6.45) is 1.53. The highest BCUT2D eigenvalue weighted by atomic mass is 16.5. The summed E-state index contributed by atoms with van der Waals surface area (Å²) in [5, 5.41) is 0. The van der Waals surface area contributed by atoms with Gasteiger partial charge in [-0.05, 0) is 26.0 Å². The fraction of sp³-hybridized carbons (Fsp3) is 0.286. The van der Waals surface area contributed by atoms with Crippen LogP contribution in [0, 0.1) is 0 Å². The topological polar surface area (TPSA) is 65.7 Å². The zero-order valence-electron chi connectivity index (χ0n) is 11.4. The average Bonchev–Trinajstić information content (AvgIpc) is 2.88. The maximum absolute atomic E-state index is 10.9. The lowest BCUT2D eigenvalue weighted by atomic mass is 10.4. The van der Waals surface area contributed by atoms with Crippen LogP contribution in [0.2, 0.25) is 0 Å². The van der Waals surface area contributed by atoms with E-state index in [2.05, 4.69) is 17.9 Å². The number of hydrogen-bond acceptors (Lipinski definition) is 5. The van der Waals surface area contributed by atoms with E-state index in [1.54, 1.807) is 26.0 Å². The van der Waals surface area contributed by atoms with Crippen LogP contribution in [-0.2, 0) is 25.7 Å². The summed E-state index contributed by atoms with van der Waals surface area (Å²) in [5.74, 6) is -0.115. The van der Waals surface area contributed by atoms with E-state index in [4.69, 9.17) is 9.15 Å². The van der Waals surface area contributed by atoms with Crippen molar-refractivity contribution in [3.63, 3.8) is 0 Å². The molecule has 0 saturated carbocycles. The Morgan fingerprint density at radius 3 is 2.11 bits per heavy atom. The van der Waals surface area contributed by atoms with Crippen molar-refractivity contribution in [2.45, 2.75) is 20.5 Å². The number of esters is 2. The van der Waals surface area contributed by atoms with E-state index < -0.39 is 5.97 Å². The summed E-state index contributed by atoms with van der Waals surface area (Å²) in [6, 6.07) is 3.48. The van der Waals surface area contributed by atoms with Gasteiger partial charge < -0.3 is 13.9 Å². The maximum Gasteiger partial charge on any atom is 0.333 e. The molecule has 0 aliphatic carbocycles. The van der Waals surface area contributed by atoms with Crippen molar-refractivity contribution in [2.24, 2.45) is 0 Å². The zero-order chi connectivity index (χ0) is 14.8. The Kier molecular flexibility index (Phi) is 7.68. The Hall–Kier alpha value is -2.30. The van der Waals surface area contributed by atoms with Crippen LogP contribution in [-0.4, -0.2) is 19.0 Å². The molecule has 5 nitrogen and oxygen atoms in total. The van der Waals surface area contributed by atoms with Crippen LogP contribution in [0.5, 0.6) is 0 Å².